The molecule has 0 heterocycles. The lowest BCUT2D eigenvalue weighted by molar-refractivity contribution is 0.925. The molecule has 2 nitrogen and oxygen atoms in total. The summed E-state index contributed by atoms with van der Waals surface area (Å²) in [5.74, 6) is 0. The average Bonchev–Trinajstić information content (AvgIpc) is 2.43. The van der Waals surface area contributed by atoms with Crippen LogP contribution >= 0.6 is 23.5 Å². The van der Waals surface area contributed by atoms with E-state index in [2.05, 4.69) is 26.0 Å². The average molecular weight is 304 g/mol. The lowest BCUT2D eigenvalue weighted by Gasteiger charge is -2.20. The van der Waals surface area contributed by atoms with E-state index in [9.17, 15) is 0 Å². The fraction of sp³-hybridized carbons (Fsp3) is 0.250. The van der Waals surface area contributed by atoms with Crippen LogP contribution < -0.4 is 11.5 Å². The number of rotatable bonds is 5. The SMILES string of the molecule is CC(Sc1ccccc1N)C(C)Sc1ccccc1N. The number of para-hydroxylation sites is 2. The second-order valence-corrected chi connectivity index (χ2v) is 7.56. The number of hydrogen-bond acceptors (Lipinski definition) is 4. The van der Waals surface area contributed by atoms with Gasteiger partial charge >= 0.3 is 0 Å². The summed E-state index contributed by atoms with van der Waals surface area (Å²) in [6.07, 6.45) is 0. The Labute approximate surface area is 129 Å². The lowest BCUT2D eigenvalue weighted by atomic mass is 10.3. The summed E-state index contributed by atoms with van der Waals surface area (Å²) in [6, 6.07) is 16.0. The predicted octanol–water partition coefficient (Wildman–Crippen LogP) is 4.51. The second kappa shape index (κ2) is 6.95. The molecule has 0 saturated heterocycles. The minimum atomic E-state index is 0.448. The highest BCUT2D eigenvalue weighted by molar-refractivity contribution is 8.04. The highest BCUT2D eigenvalue weighted by atomic mass is 32.2. The smallest absolute Gasteiger partial charge is 0.0452 e. The quantitative estimate of drug-likeness (QED) is 0.630. The van der Waals surface area contributed by atoms with Crippen LogP contribution in [0.2, 0.25) is 0 Å². The molecule has 0 radical (unpaired) electrons. The summed E-state index contributed by atoms with van der Waals surface area (Å²) in [5, 5.41) is 0.897. The van der Waals surface area contributed by atoms with Crippen LogP contribution in [0.1, 0.15) is 13.8 Å². The van der Waals surface area contributed by atoms with Gasteiger partial charge in [0.25, 0.3) is 0 Å². The van der Waals surface area contributed by atoms with E-state index in [1.165, 1.54) is 0 Å². The van der Waals surface area contributed by atoms with Crippen LogP contribution in [0.3, 0.4) is 0 Å². The van der Waals surface area contributed by atoms with Crippen molar-refractivity contribution >= 4 is 34.9 Å². The summed E-state index contributed by atoms with van der Waals surface area (Å²) < 4.78 is 0. The molecule has 2 aromatic rings. The van der Waals surface area contributed by atoms with Crippen molar-refractivity contribution in [1.82, 2.24) is 0 Å². The molecule has 2 aromatic carbocycles. The molecule has 4 heteroatoms. The number of hydrogen-bond donors (Lipinski definition) is 2. The molecule has 0 amide bonds. The van der Waals surface area contributed by atoms with Gasteiger partial charge < -0.3 is 11.5 Å². The first-order chi connectivity index (χ1) is 9.58. The zero-order valence-electron chi connectivity index (χ0n) is 11.7. The van der Waals surface area contributed by atoms with Crippen molar-refractivity contribution in [3.8, 4) is 0 Å². The fourth-order valence-electron chi connectivity index (χ4n) is 1.77. The van der Waals surface area contributed by atoms with Gasteiger partial charge in [0.15, 0.2) is 0 Å². The van der Waals surface area contributed by atoms with Crippen molar-refractivity contribution < 1.29 is 0 Å². The minimum absolute atomic E-state index is 0.448. The third-order valence-electron chi connectivity index (χ3n) is 3.12. The number of benzene rings is 2. The summed E-state index contributed by atoms with van der Waals surface area (Å²) in [7, 11) is 0. The van der Waals surface area contributed by atoms with Crippen LogP contribution in [0.15, 0.2) is 58.3 Å². The van der Waals surface area contributed by atoms with Gasteiger partial charge in [-0.3, -0.25) is 0 Å². The molecular formula is C16H20N2S2. The molecule has 0 aliphatic rings. The number of nitrogen functional groups attached to an aromatic ring is 2. The standard InChI is InChI=1S/C16H20N2S2/c1-11(19-15-9-5-3-7-13(15)17)12(2)20-16-10-6-4-8-14(16)18/h3-12H,17-18H2,1-2H3. The highest BCUT2D eigenvalue weighted by Crippen LogP contribution is 2.37. The monoisotopic (exact) mass is 304 g/mol. The Morgan fingerprint density at radius 2 is 1.05 bits per heavy atom. The largest absolute Gasteiger partial charge is 0.398 e. The topological polar surface area (TPSA) is 52.0 Å². The molecule has 2 unspecified atom stereocenters. The van der Waals surface area contributed by atoms with Crippen molar-refractivity contribution in [3.05, 3.63) is 48.5 Å². The van der Waals surface area contributed by atoms with E-state index in [1.54, 1.807) is 0 Å². The van der Waals surface area contributed by atoms with Crippen LogP contribution in [-0.2, 0) is 0 Å². The first kappa shape index (κ1) is 15.1. The van der Waals surface area contributed by atoms with Crippen LogP contribution in [0.4, 0.5) is 11.4 Å². The number of thioether (sulfide) groups is 2. The molecule has 106 valence electrons. The van der Waals surface area contributed by atoms with Gasteiger partial charge in [-0.25, -0.2) is 0 Å². The summed E-state index contributed by atoms with van der Waals surface area (Å²) >= 11 is 3.63. The molecule has 0 aliphatic heterocycles. The normalized spacial score (nSPS) is 13.9. The molecule has 0 bridgehead atoms. The van der Waals surface area contributed by atoms with E-state index in [4.69, 9.17) is 11.5 Å². The van der Waals surface area contributed by atoms with E-state index >= 15 is 0 Å². The zero-order valence-corrected chi connectivity index (χ0v) is 13.4. The Morgan fingerprint density at radius 3 is 1.40 bits per heavy atom. The van der Waals surface area contributed by atoms with Crippen molar-refractivity contribution in [1.29, 1.82) is 0 Å². The van der Waals surface area contributed by atoms with Gasteiger partial charge in [0.2, 0.25) is 0 Å². The first-order valence-electron chi connectivity index (χ1n) is 6.60. The van der Waals surface area contributed by atoms with E-state index in [-0.39, 0.29) is 0 Å². The molecule has 2 rings (SSSR count). The third kappa shape index (κ3) is 3.87. The Kier molecular flexibility index (Phi) is 5.26. The molecule has 0 spiro atoms. The molecule has 20 heavy (non-hydrogen) atoms. The van der Waals surface area contributed by atoms with Gasteiger partial charge in [-0.1, -0.05) is 38.1 Å². The predicted molar refractivity (Wildman–Crippen MR) is 92.3 cm³/mol. The van der Waals surface area contributed by atoms with Gasteiger partial charge in [0.05, 0.1) is 0 Å². The fourth-order valence-corrected chi connectivity index (χ4v) is 4.01. The van der Waals surface area contributed by atoms with E-state index in [1.807, 2.05) is 59.9 Å². The molecule has 0 fully saturated rings. The summed E-state index contributed by atoms with van der Waals surface area (Å²) in [5.41, 5.74) is 13.7. The molecule has 0 aliphatic carbocycles. The van der Waals surface area contributed by atoms with Gasteiger partial charge in [-0.05, 0) is 24.3 Å². The van der Waals surface area contributed by atoms with Crippen molar-refractivity contribution in [3.63, 3.8) is 0 Å². The van der Waals surface area contributed by atoms with Crippen LogP contribution in [0.25, 0.3) is 0 Å². The molecule has 0 saturated carbocycles. The Bertz CT molecular complexity index is 520. The van der Waals surface area contributed by atoms with E-state index in [0.29, 0.717) is 10.5 Å². The molecular weight excluding hydrogens is 284 g/mol. The van der Waals surface area contributed by atoms with E-state index < -0.39 is 0 Å². The number of nitrogens with two attached hydrogens (primary N) is 2. The van der Waals surface area contributed by atoms with Crippen LogP contribution in [0.5, 0.6) is 0 Å². The Hall–Kier alpha value is -1.26. The maximum absolute atomic E-state index is 6.00. The maximum atomic E-state index is 6.00. The Morgan fingerprint density at radius 1 is 0.700 bits per heavy atom. The molecule has 2 atom stereocenters. The van der Waals surface area contributed by atoms with Crippen molar-refractivity contribution in [2.45, 2.75) is 34.1 Å². The van der Waals surface area contributed by atoms with Gasteiger partial charge in [0, 0.05) is 31.7 Å². The molecule has 0 aromatic heterocycles. The molecule has 4 N–H and O–H groups in total. The summed E-state index contributed by atoms with van der Waals surface area (Å²) in [6.45, 7) is 4.46. The van der Waals surface area contributed by atoms with Crippen LogP contribution in [0, 0.1) is 0 Å². The first-order valence-corrected chi connectivity index (χ1v) is 8.36. The van der Waals surface area contributed by atoms with Crippen LogP contribution in [-0.4, -0.2) is 10.5 Å². The van der Waals surface area contributed by atoms with Crippen molar-refractivity contribution in [2.75, 3.05) is 11.5 Å². The third-order valence-corrected chi connectivity index (χ3v) is 6.11. The van der Waals surface area contributed by atoms with Gasteiger partial charge in [-0.2, -0.15) is 0 Å². The minimum Gasteiger partial charge on any atom is -0.398 e. The van der Waals surface area contributed by atoms with Crippen molar-refractivity contribution in [2.24, 2.45) is 0 Å². The number of anilines is 2. The highest BCUT2D eigenvalue weighted by Gasteiger charge is 2.16. The lowest BCUT2D eigenvalue weighted by Crippen LogP contribution is -2.12. The zero-order chi connectivity index (χ0) is 14.5. The Balaban J connectivity index is 2.01. The summed E-state index contributed by atoms with van der Waals surface area (Å²) in [4.78, 5) is 2.29. The van der Waals surface area contributed by atoms with Gasteiger partial charge in [-0.15, -0.1) is 23.5 Å². The van der Waals surface area contributed by atoms with E-state index in [0.717, 1.165) is 21.2 Å². The maximum Gasteiger partial charge on any atom is 0.0452 e. The van der Waals surface area contributed by atoms with Gasteiger partial charge in [0.1, 0.15) is 0 Å². The second-order valence-electron chi connectivity index (χ2n) is 4.72.